The molecule has 0 radical (unpaired) electrons. The average Bonchev–Trinajstić information content (AvgIpc) is 2.81. The molecule has 3 aliphatic rings. The molecule has 0 saturated heterocycles. The van der Waals surface area contributed by atoms with E-state index >= 15 is 0 Å². The van der Waals surface area contributed by atoms with Crippen LogP contribution in [-0.4, -0.2) is 11.6 Å². The van der Waals surface area contributed by atoms with E-state index < -0.39 is 0 Å². The van der Waals surface area contributed by atoms with Crippen LogP contribution >= 0.6 is 0 Å². The Labute approximate surface area is 135 Å². The highest BCUT2D eigenvalue weighted by Gasteiger charge is 2.75. The molecule has 3 saturated carbocycles. The Balaban J connectivity index is 1.97. The van der Waals surface area contributed by atoms with E-state index in [-0.39, 0.29) is 16.2 Å². The minimum absolute atomic E-state index is 0.180. The molecular formula is C20H32O2. The van der Waals surface area contributed by atoms with Crippen molar-refractivity contribution in [2.24, 2.45) is 27.6 Å². The normalized spacial score (nSPS) is 45.9. The standard InChI is InChI=1S/C20H32O2/c1-14(21)7-6-9-18(4)10-8-16-17(2,3)13-19(5)11-15(22)12-20(16,18)19/h16H,6-13H2,1-5H3/t16-,18+,19-,20+/m1/s1. The number of hydrogen-bond acceptors (Lipinski definition) is 2. The van der Waals surface area contributed by atoms with Crippen molar-refractivity contribution < 1.29 is 9.59 Å². The Morgan fingerprint density at radius 3 is 2.50 bits per heavy atom. The van der Waals surface area contributed by atoms with Gasteiger partial charge in [-0.1, -0.05) is 27.7 Å². The lowest BCUT2D eigenvalue weighted by Gasteiger charge is -2.50. The van der Waals surface area contributed by atoms with E-state index in [0.717, 1.165) is 25.7 Å². The maximum absolute atomic E-state index is 12.4. The summed E-state index contributed by atoms with van der Waals surface area (Å²) in [5, 5.41) is 0. The van der Waals surface area contributed by atoms with Crippen molar-refractivity contribution >= 4 is 11.6 Å². The van der Waals surface area contributed by atoms with E-state index in [2.05, 4.69) is 27.7 Å². The Bertz CT molecular complexity index is 520. The largest absolute Gasteiger partial charge is 0.300 e. The van der Waals surface area contributed by atoms with Crippen LogP contribution in [0.3, 0.4) is 0 Å². The van der Waals surface area contributed by atoms with Gasteiger partial charge in [-0.2, -0.15) is 0 Å². The van der Waals surface area contributed by atoms with Crippen molar-refractivity contribution in [1.82, 2.24) is 0 Å². The third-order valence-corrected chi connectivity index (χ3v) is 7.84. The minimum atomic E-state index is 0.180. The van der Waals surface area contributed by atoms with Gasteiger partial charge < -0.3 is 4.79 Å². The molecule has 0 bridgehead atoms. The van der Waals surface area contributed by atoms with Crippen molar-refractivity contribution in [3.8, 4) is 0 Å². The van der Waals surface area contributed by atoms with Crippen LogP contribution in [0.2, 0.25) is 0 Å². The molecule has 0 heterocycles. The first-order valence-corrected chi connectivity index (χ1v) is 9.08. The predicted molar refractivity (Wildman–Crippen MR) is 88.5 cm³/mol. The Morgan fingerprint density at radius 1 is 1.18 bits per heavy atom. The first-order chi connectivity index (χ1) is 10.1. The van der Waals surface area contributed by atoms with Crippen LogP contribution in [0, 0.1) is 27.6 Å². The van der Waals surface area contributed by atoms with Crippen LogP contribution < -0.4 is 0 Å². The summed E-state index contributed by atoms with van der Waals surface area (Å²) in [5.41, 5.74) is 0.965. The van der Waals surface area contributed by atoms with Gasteiger partial charge in [0, 0.05) is 19.3 Å². The fourth-order valence-corrected chi connectivity index (χ4v) is 7.50. The fraction of sp³-hybridized carbons (Fsp3) is 0.900. The van der Waals surface area contributed by atoms with Gasteiger partial charge in [0.05, 0.1) is 0 Å². The highest BCUT2D eigenvalue weighted by Crippen LogP contribution is 2.81. The predicted octanol–water partition coefficient (Wildman–Crippen LogP) is 4.95. The van der Waals surface area contributed by atoms with Crippen LogP contribution in [0.5, 0.6) is 0 Å². The van der Waals surface area contributed by atoms with Gasteiger partial charge in [0.1, 0.15) is 11.6 Å². The molecule has 0 aromatic carbocycles. The van der Waals surface area contributed by atoms with E-state index in [1.54, 1.807) is 6.92 Å². The van der Waals surface area contributed by atoms with Crippen molar-refractivity contribution in [3.63, 3.8) is 0 Å². The zero-order valence-corrected chi connectivity index (χ0v) is 15.1. The molecule has 0 amide bonds. The first kappa shape index (κ1) is 16.2. The molecule has 124 valence electrons. The van der Waals surface area contributed by atoms with E-state index in [0.29, 0.717) is 29.3 Å². The number of Topliss-reactive ketones (excluding diaryl/α,β-unsaturated/α-hetero) is 2. The van der Waals surface area contributed by atoms with Gasteiger partial charge in [-0.05, 0) is 66.6 Å². The molecule has 0 aliphatic heterocycles. The maximum Gasteiger partial charge on any atom is 0.134 e. The first-order valence-electron chi connectivity index (χ1n) is 9.08. The third kappa shape index (κ3) is 1.91. The van der Waals surface area contributed by atoms with Crippen molar-refractivity contribution in [3.05, 3.63) is 0 Å². The number of ketones is 2. The molecule has 22 heavy (non-hydrogen) atoms. The molecule has 2 heteroatoms. The summed E-state index contributed by atoms with van der Waals surface area (Å²) in [5.74, 6) is 1.47. The van der Waals surface area contributed by atoms with Crippen LogP contribution in [0.15, 0.2) is 0 Å². The summed E-state index contributed by atoms with van der Waals surface area (Å²) in [6.45, 7) is 11.4. The van der Waals surface area contributed by atoms with E-state index in [1.165, 1.54) is 19.3 Å². The van der Waals surface area contributed by atoms with Gasteiger partial charge in [0.2, 0.25) is 0 Å². The van der Waals surface area contributed by atoms with Gasteiger partial charge in [0.25, 0.3) is 0 Å². The second kappa shape index (κ2) is 4.68. The second-order valence-corrected chi connectivity index (χ2v) is 9.80. The van der Waals surface area contributed by atoms with Crippen LogP contribution in [0.1, 0.15) is 86.0 Å². The Hall–Kier alpha value is -0.660. The molecule has 0 aromatic rings. The lowest BCUT2D eigenvalue weighted by Crippen LogP contribution is -2.44. The van der Waals surface area contributed by atoms with Crippen molar-refractivity contribution in [1.29, 1.82) is 0 Å². The van der Waals surface area contributed by atoms with Gasteiger partial charge in [-0.25, -0.2) is 0 Å². The Morgan fingerprint density at radius 2 is 1.86 bits per heavy atom. The summed E-state index contributed by atoms with van der Waals surface area (Å²) in [6, 6.07) is 0. The van der Waals surface area contributed by atoms with Gasteiger partial charge in [-0.15, -0.1) is 0 Å². The van der Waals surface area contributed by atoms with Gasteiger partial charge in [-0.3, -0.25) is 4.79 Å². The van der Waals surface area contributed by atoms with Crippen LogP contribution in [-0.2, 0) is 9.59 Å². The molecule has 1 spiro atoms. The molecule has 3 rings (SSSR count). The van der Waals surface area contributed by atoms with E-state index in [4.69, 9.17) is 0 Å². The molecule has 0 aromatic heterocycles. The zero-order valence-electron chi connectivity index (χ0n) is 15.1. The van der Waals surface area contributed by atoms with E-state index in [1.807, 2.05) is 0 Å². The average molecular weight is 304 g/mol. The number of carbonyl (C=O) groups excluding carboxylic acids is 2. The third-order valence-electron chi connectivity index (χ3n) is 7.84. The number of rotatable bonds is 4. The zero-order chi connectivity index (χ0) is 16.4. The summed E-state index contributed by atoms with van der Waals surface area (Å²) in [6.07, 6.45) is 8.09. The molecule has 3 fully saturated rings. The quantitative estimate of drug-likeness (QED) is 0.736. The molecule has 2 nitrogen and oxygen atoms in total. The van der Waals surface area contributed by atoms with Crippen LogP contribution in [0.25, 0.3) is 0 Å². The van der Waals surface area contributed by atoms with Crippen molar-refractivity contribution in [2.45, 2.75) is 86.0 Å². The fourth-order valence-electron chi connectivity index (χ4n) is 7.50. The highest BCUT2D eigenvalue weighted by atomic mass is 16.1. The number of hydrogen-bond donors (Lipinski definition) is 0. The van der Waals surface area contributed by atoms with Crippen LogP contribution in [0.4, 0.5) is 0 Å². The van der Waals surface area contributed by atoms with E-state index in [9.17, 15) is 9.59 Å². The topological polar surface area (TPSA) is 34.1 Å². The van der Waals surface area contributed by atoms with Gasteiger partial charge >= 0.3 is 0 Å². The minimum Gasteiger partial charge on any atom is -0.300 e. The smallest absolute Gasteiger partial charge is 0.134 e. The Kier molecular flexibility index (Phi) is 3.44. The van der Waals surface area contributed by atoms with Crippen molar-refractivity contribution in [2.75, 3.05) is 0 Å². The maximum atomic E-state index is 12.4. The molecule has 0 unspecified atom stereocenters. The summed E-state index contributed by atoms with van der Waals surface area (Å²) < 4.78 is 0. The monoisotopic (exact) mass is 304 g/mol. The summed E-state index contributed by atoms with van der Waals surface area (Å²) in [4.78, 5) is 23.8. The molecule has 0 N–H and O–H groups in total. The summed E-state index contributed by atoms with van der Waals surface area (Å²) in [7, 11) is 0. The SMILES string of the molecule is CC(=O)CCC[C@@]1(C)CC[C@@H]2C(C)(C)C[C@@]3(C)CC(=O)C[C@]213. The molecular weight excluding hydrogens is 272 g/mol. The molecule has 3 aliphatic carbocycles. The molecule has 4 atom stereocenters. The second-order valence-electron chi connectivity index (χ2n) is 9.80. The van der Waals surface area contributed by atoms with Gasteiger partial charge in [0.15, 0.2) is 0 Å². The number of carbonyl (C=O) groups is 2. The lowest BCUT2D eigenvalue weighted by atomic mass is 9.53. The summed E-state index contributed by atoms with van der Waals surface area (Å²) >= 11 is 0. The lowest BCUT2D eigenvalue weighted by molar-refractivity contribution is -0.120. The highest BCUT2D eigenvalue weighted by molar-refractivity contribution is 5.83.